The summed E-state index contributed by atoms with van der Waals surface area (Å²) < 4.78 is 52.1. The van der Waals surface area contributed by atoms with Crippen molar-refractivity contribution in [3.8, 4) is 5.88 Å². The van der Waals surface area contributed by atoms with Gasteiger partial charge in [-0.3, -0.25) is 14.2 Å². The molecule has 0 atom stereocenters. The van der Waals surface area contributed by atoms with E-state index in [0.29, 0.717) is 31.3 Å². The zero-order chi connectivity index (χ0) is 32.7. The second-order valence-corrected chi connectivity index (χ2v) is 11.9. The van der Waals surface area contributed by atoms with Crippen molar-refractivity contribution in [1.29, 1.82) is 0 Å². The predicted octanol–water partition coefficient (Wildman–Crippen LogP) is 3.77. The molecule has 1 saturated heterocycles. The van der Waals surface area contributed by atoms with Crippen molar-refractivity contribution in [3.63, 3.8) is 0 Å². The number of piperazine rings is 1. The summed E-state index contributed by atoms with van der Waals surface area (Å²) in [6.07, 6.45) is -2.89. The van der Waals surface area contributed by atoms with E-state index in [-0.39, 0.29) is 54.2 Å². The molecule has 1 aromatic carbocycles. The number of rotatable bonds is 5. The van der Waals surface area contributed by atoms with Crippen LogP contribution in [0.4, 0.5) is 29.3 Å². The normalized spacial score (nSPS) is 16.1. The smallest absolute Gasteiger partial charge is 0.416 e. The number of benzene rings is 1. The lowest BCUT2D eigenvalue weighted by atomic mass is 10.1. The van der Waals surface area contributed by atoms with Crippen molar-refractivity contribution >= 4 is 46.3 Å². The van der Waals surface area contributed by atoms with E-state index in [2.05, 4.69) is 15.4 Å². The van der Waals surface area contributed by atoms with Gasteiger partial charge < -0.3 is 29.7 Å². The molecule has 0 radical (unpaired) electrons. The quantitative estimate of drug-likeness (QED) is 0.421. The SMILES string of the molecule is CC(C)(C)OC(=O)N1CCN(c2c(O)n(CC(=O)Nc3ccc(C(F)(F)F)cc3Cl)c3nc(C4=CCOCC4)nn3c2=O)CC1. The number of ether oxygens (including phenoxy) is 2. The molecule has 2 amide bonds. The zero-order valence-electron chi connectivity index (χ0n) is 24.6. The predicted molar refractivity (Wildman–Crippen MR) is 157 cm³/mol. The average Bonchev–Trinajstić information content (AvgIpc) is 3.42. The highest BCUT2D eigenvalue weighted by molar-refractivity contribution is 6.33. The summed E-state index contributed by atoms with van der Waals surface area (Å²) in [5, 5.41) is 17.9. The number of halogens is 4. The molecule has 0 unspecified atom stereocenters. The Kier molecular flexibility index (Phi) is 8.72. The van der Waals surface area contributed by atoms with Crippen LogP contribution in [0.15, 0.2) is 29.1 Å². The maximum absolute atomic E-state index is 13.7. The summed E-state index contributed by atoms with van der Waals surface area (Å²) in [5.74, 6) is -1.27. The minimum absolute atomic E-state index is 0.0840. The van der Waals surface area contributed by atoms with Gasteiger partial charge in [-0.1, -0.05) is 17.7 Å². The van der Waals surface area contributed by atoms with E-state index in [1.165, 1.54) is 4.90 Å². The molecule has 242 valence electrons. The monoisotopic (exact) mass is 653 g/mol. The fourth-order valence-electron chi connectivity index (χ4n) is 4.89. The third-order valence-electron chi connectivity index (χ3n) is 7.06. The van der Waals surface area contributed by atoms with E-state index >= 15 is 0 Å². The molecule has 2 aromatic heterocycles. The first-order valence-corrected chi connectivity index (χ1v) is 14.4. The highest BCUT2D eigenvalue weighted by atomic mass is 35.5. The first kappa shape index (κ1) is 32.1. The van der Waals surface area contributed by atoms with E-state index in [0.717, 1.165) is 21.2 Å². The Morgan fingerprint density at radius 2 is 1.87 bits per heavy atom. The van der Waals surface area contributed by atoms with Crippen LogP contribution in [0.2, 0.25) is 5.02 Å². The van der Waals surface area contributed by atoms with Crippen molar-refractivity contribution in [3.05, 3.63) is 51.0 Å². The molecule has 17 heteroatoms. The van der Waals surface area contributed by atoms with Crippen molar-refractivity contribution in [2.75, 3.05) is 49.6 Å². The molecule has 13 nitrogen and oxygen atoms in total. The highest BCUT2D eigenvalue weighted by Gasteiger charge is 2.32. The van der Waals surface area contributed by atoms with Gasteiger partial charge in [-0.05, 0) is 51.0 Å². The molecule has 4 heterocycles. The highest BCUT2D eigenvalue weighted by Crippen LogP contribution is 2.34. The average molecular weight is 654 g/mol. The minimum Gasteiger partial charge on any atom is -0.493 e. The Bertz CT molecular complexity index is 1720. The van der Waals surface area contributed by atoms with Gasteiger partial charge in [0, 0.05) is 26.2 Å². The van der Waals surface area contributed by atoms with Crippen LogP contribution in [0.3, 0.4) is 0 Å². The lowest BCUT2D eigenvalue weighted by molar-refractivity contribution is -0.137. The zero-order valence-corrected chi connectivity index (χ0v) is 25.4. The first-order valence-electron chi connectivity index (χ1n) is 14.0. The maximum atomic E-state index is 13.7. The Morgan fingerprint density at radius 3 is 2.47 bits per heavy atom. The van der Waals surface area contributed by atoms with Crippen LogP contribution in [0, 0.1) is 0 Å². The summed E-state index contributed by atoms with van der Waals surface area (Å²) in [4.78, 5) is 47.0. The Hall–Kier alpha value is -4.31. The van der Waals surface area contributed by atoms with E-state index in [1.807, 2.05) is 0 Å². The van der Waals surface area contributed by atoms with Gasteiger partial charge in [-0.25, -0.2) is 4.79 Å². The number of aromatic hydroxyl groups is 1. The largest absolute Gasteiger partial charge is 0.493 e. The number of carbonyl (C=O) groups is 2. The number of carbonyl (C=O) groups excluding carboxylic acids is 2. The molecule has 0 saturated carbocycles. The number of nitrogens with zero attached hydrogens (tertiary/aromatic N) is 6. The summed E-state index contributed by atoms with van der Waals surface area (Å²) >= 11 is 6.02. The molecule has 3 aromatic rings. The molecule has 0 bridgehead atoms. The minimum atomic E-state index is -4.63. The summed E-state index contributed by atoms with van der Waals surface area (Å²) in [7, 11) is 0. The van der Waals surface area contributed by atoms with Crippen LogP contribution in [0.1, 0.15) is 38.6 Å². The van der Waals surface area contributed by atoms with Crippen molar-refractivity contribution < 1.29 is 37.3 Å². The lowest BCUT2D eigenvalue weighted by Gasteiger charge is -2.36. The Balaban J connectivity index is 1.48. The summed E-state index contributed by atoms with van der Waals surface area (Å²) in [6.45, 7) is 6.09. The Morgan fingerprint density at radius 1 is 1.16 bits per heavy atom. The fourth-order valence-corrected chi connectivity index (χ4v) is 5.11. The van der Waals surface area contributed by atoms with Gasteiger partial charge in [-0.2, -0.15) is 22.7 Å². The molecule has 2 N–H and O–H groups in total. The van der Waals surface area contributed by atoms with Crippen LogP contribution in [0.5, 0.6) is 5.88 Å². The third-order valence-corrected chi connectivity index (χ3v) is 7.38. The first-order chi connectivity index (χ1) is 21.1. The number of fused-ring (bicyclic) bond motifs is 1. The summed E-state index contributed by atoms with van der Waals surface area (Å²) in [5.41, 5.74) is -1.91. The van der Waals surface area contributed by atoms with E-state index < -0.39 is 47.3 Å². The number of aromatic nitrogens is 4. The van der Waals surface area contributed by atoms with Gasteiger partial charge in [0.15, 0.2) is 11.5 Å². The number of hydrogen-bond acceptors (Lipinski definition) is 9. The maximum Gasteiger partial charge on any atom is 0.416 e. The van der Waals surface area contributed by atoms with Crippen molar-refractivity contribution in [2.24, 2.45) is 0 Å². The molecular formula is C28H31ClF3N7O6. The van der Waals surface area contributed by atoms with Crippen LogP contribution in [-0.4, -0.2) is 86.2 Å². The molecule has 5 rings (SSSR count). The van der Waals surface area contributed by atoms with E-state index in [1.54, 1.807) is 31.7 Å². The molecular weight excluding hydrogens is 623 g/mol. The van der Waals surface area contributed by atoms with E-state index in [9.17, 15) is 32.7 Å². The topological polar surface area (TPSA) is 144 Å². The molecule has 0 aliphatic carbocycles. The van der Waals surface area contributed by atoms with Crippen molar-refractivity contribution in [2.45, 2.75) is 45.5 Å². The molecule has 45 heavy (non-hydrogen) atoms. The lowest BCUT2D eigenvalue weighted by Crippen LogP contribution is -2.51. The molecule has 2 aliphatic rings. The number of nitrogens with one attached hydrogen (secondary N) is 1. The van der Waals surface area contributed by atoms with Crippen LogP contribution >= 0.6 is 11.6 Å². The molecule has 0 spiro atoms. The standard InChI is InChI=1S/C28H31ClF3N7O6/c1-27(2,3)45-26(43)37-10-8-36(9-11-37)21-23(41)38(15-20(40)33-19-5-4-17(14-18(19)29)28(30,31)32)25-34-22(35-39(25)24(21)42)16-6-12-44-13-7-16/h4-6,14,41H,7-13,15H2,1-3H3,(H,33,40). The number of hydrogen-bond donors (Lipinski definition) is 2. The molecule has 2 aliphatic heterocycles. The number of anilines is 2. The van der Waals surface area contributed by atoms with Gasteiger partial charge >= 0.3 is 17.8 Å². The van der Waals surface area contributed by atoms with Crippen LogP contribution < -0.4 is 15.8 Å². The third kappa shape index (κ3) is 7.01. The second-order valence-electron chi connectivity index (χ2n) is 11.5. The second kappa shape index (κ2) is 12.2. The van der Waals surface area contributed by atoms with Gasteiger partial charge in [0.05, 0.1) is 29.5 Å². The van der Waals surface area contributed by atoms with Gasteiger partial charge in [-0.15, -0.1) is 5.10 Å². The van der Waals surface area contributed by atoms with Crippen molar-refractivity contribution in [1.82, 2.24) is 24.1 Å². The number of amides is 2. The summed E-state index contributed by atoms with van der Waals surface area (Å²) in [6, 6.07) is 2.48. The van der Waals surface area contributed by atoms with E-state index in [4.69, 9.17) is 21.1 Å². The van der Waals surface area contributed by atoms with Crippen LogP contribution in [0.25, 0.3) is 11.4 Å². The number of alkyl halides is 3. The Labute approximate surface area is 259 Å². The van der Waals surface area contributed by atoms with Gasteiger partial charge in [0.25, 0.3) is 0 Å². The van der Waals surface area contributed by atoms with Crippen LogP contribution in [-0.2, 0) is 27.0 Å². The van der Waals surface area contributed by atoms with Gasteiger partial charge in [0.2, 0.25) is 17.6 Å². The van der Waals surface area contributed by atoms with Gasteiger partial charge in [0.1, 0.15) is 12.1 Å². The molecule has 1 fully saturated rings. The fraction of sp³-hybridized carbons (Fsp3) is 0.464.